The van der Waals surface area contributed by atoms with E-state index < -0.39 is 72.5 Å². The monoisotopic (exact) mass is 1380 g/mol. The molecule has 10 rings (SSSR count). The van der Waals surface area contributed by atoms with E-state index in [2.05, 4.69) is 213 Å². The number of halogens is 2. The molecule has 514 valence electrons. The number of carboxylic acid groups (broad SMARTS) is 1. The van der Waals surface area contributed by atoms with Gasteiger partial charge < -0.3 is 24.4 Å². The van der Waals surface area contributed by atoms with Gasteiger partial charge in [-0.15, -0.1) is 0 Å². The number of hydrogen-bond acceptors (Lipinski definition) is 11. The molecule has 95 heavy (non-hydrogen) atoms. The largest absolute Gasteiger partial charge is 0.872 e. The first kappa shape index (κ1) is 77.6. The van der Waals surface area contributed by atoms with Gasteiger partial charge in [-0.05, 0) is 138 Å². The topological polar surface area (TPSA) is 190 Å². The van der Waals surface area contributed by atoms with Crippen LogP contribution in [0.1, 0.15) is 165 Å². The Bertz CT molecular complexity index is 3350. The molecule has 1 heterocycles. The lowest BCUT2D eigenvalue weighted by Gasteiger charge is -2.27. The van der Waals surface area contributed by atoms with Crippen LogP contribution >= 0.6 is 0 Å². The molecule has 3 fully saturated rings. The van der Waals surface area contributed by atoms with Crippen molar-refractivity contribution in [2.24, 2.45) is 11.8 Å². The van der Waals surface area contributed by atoms with Gasteiger partial charge >= 0.3 is 17.2 Å². The van der Waals surface area contributed by atoms with Gasteiger partial charge in [-0.3, -0.25) is 4.18 Å². The summed E-state index contributed by atoms with van der Waals surface area (Å²) >= 11 is 0. The quantitative estimate of drug-likeness (QED) is 0.0142. The number of hydrogen-bond donors (Lipinski definition) is 1. The summed E-state index contributed by atoms with van der Waals surface area (Å²) in [6.07, 6.45) is 23.8. The highest BCUT2D eigenvalue weighted by Gasteiger charge is 2.66. The van der Waals surface area contributed by atoms with Crippen molar-refractivity contribution < 1.29 is 58.9 Å². The van der Waals surface area contributed by atoms with Crippen LogP contribution in [0.3, 0.4) is 0 Å². The zero-order valence-corrected chi connectivity index (χ0v) is 58.8. The van der Waals surface area contributed by atoms with E-state index in [-0.39, 0.29) is 33.8 Å². The summed E-state index contributed by atoms with van der Waals surface area (Å²) in [6.45, 7) is 13.1. The first-order valence-corrected chi connectivity index (χ1v) is 39.1. The van der Waals surface area contributed by atoms with Crippen molar-refractivity contribution in [3.63, 3.8) is 0 Å². The summed E-state index contributed by atoms with van der Waals surface area (Å²) in [5.41, 5.74) is 1.13. The van der Waals surface area contributed by atoms with Crippen LogP contribution in [0.4, 0.5) is 8.78 Å². The van der Waals surface area contributed by atoms with Crippen molar-refractivity contribution in [3.05, 3.63) is 211 Å². The van der Waals surface area contributed by atoms with Crippen molar-refractivity contribution >= 4 is 54.0 Å². The third-order valence-corrected chi connectivity index (χ3v) is 24.0. The molecule has 0 radical (unpaired) electrons. The summed E-state index contributed by atoms with van der Waals surface area (Å²) in [5, 5.41) is 13.1. The molecule has 1 aliphatic heterocycles. The molecule has 18 heteroatoms. The fraction of sp³-hybridized carbons (Fsp3) is 0.429. The molecule has 7 aromatic carbocycles. The molecule has 12 nitrogen and oxygen atoms in total. The molecule has 0 aromatic heterocycles. The van der Waals surface area contributed by atoms with Crippen molar-refractivity contribution in [1.29, 1.82) is 0 Å². The normalized spacial score (nSPS) is 17.3. The number of carbonyl (C=O) groups is 2. The third kappa shape index (κ3) is 24.9. The second-order valence-corrected chi connectivity index (χ2v) is 31.5. The zero-order chi connectivity index (χ0) is 68.5. The molecule has 5 atom stereocenters. The number of unbranched alkanes of at least 4 members (excludes halogenated alkanes) is 15. The van der Waals surface area contributed by atoms with E-state index in [4.69, 9.17) is 9.29 Å². The lowest BCUT2D eigenvalue weighted by atomic mass is 9.94. The minimum atomic E-state index is -6.21. The summed E-state index contributed by atoms with van der Waals surface area (Å²) in [7, 11) is -10.1. The molecule has 2 bridgehead atoms. The van der Waals surface area contributed by atoms with E-state index in [0.29, 0.717) is 6.42 Å². The molecule has 7 aromatic rings. The van der Waals surface area contributed by atoms with E-state index in [1.165, 1.54) is 194 Å². The maximum Gasteiger partial charge on any atom is 0.428 e. The number of carbonyl (C=O) groups excluding carboxylic acids is 1. The molecule has 3 aliphatic rings. The van der Waals surface area contributed by atoms with Crippen molar-refractivity contribution in [3.8, 4) is 5.75 Å². The summed E-state index contributed by atoms with van der Waals surface area (Å²) in [5.74, 6) is -5.09. The van der Waals surface area contributed by atoms with Crippen LogP contribution < -0.4 is 5.11 Å². The van der Waals surface area contributed by atoms with Gasteiger partial charge in [0, 0.05) is 11.8 Å². The van der Waals surface area contributed by atoms with Crippen LogP contribution in [0.2, 0.25) is 0 Å². The average molecular weight is 1380 g/mol. The number of esters is 1. The summed E-state index contributed by atoms with van der Waals surface area (Å²) in [4.78, 5) is 32.4. The highest BCUT2D eigenvalue weighted by atomic mass is 32.2. The first-order chi connectivity index (χ1) is 45.8. The molecule has 2 saturated carbocycles. The number of carboxylic acids is 1. The molecular weight excluding hydrogens is 1280 g/mol. The van der Waals surface area contributed by atoms with E-state index in [9.17, 15) is 44.9 Å². The van der Waals surface area contributed by atoms with Crippen LogP contribution in [0, 0.1) is 18.8 Å². The van der Waals surface area contributed by atoms with Crippen LogP contribution in [0.15, 0.2) is 230 Å². The molecule has 1 saturated heterocycles. The summed E-state index contributed by atoms with van der Waals surface area (Å²) in [6, 6.07) is 68.1. The number of benzene rings is 7. The number of alkyl halides is 2. The Labute approximate surface area is 570 Å². The van der Waals surface area contributed by atoms with E-state index in [0.717, 1.165) is 0 Å². The van der Waals surface area contributed by atoms with Crippen LogP contribution in [-0.2, 0) is 55.7 Å². The van der Waals surface area contributed by atoms with E-state index in [1.54, 1.807) is 0 Å². The van der Waals surface area contributed by atoms with Crippen molar-refractivity contribution in [2.75, 3.05) is 19.6 Å². The molecule has 2 aliphatic carbocycles. The minimum absolute atomic E-state index is 0.0146. The Kier molecular flexibility index (Phi) is 33.5. The van der Waals surface area contributed by atoms with Crippen LogP contribution in [0.25, 0.3) is 0 Å². The number of fused-ring (bicyclic) bond motifs is 1. The lowest BCUT2D eigenvalue weighted by molar-refractivity contribution is -0.268. The number of rotatable bonds is 31. The van der Waals surface area contributed by atoms with Gasteiger partial charge in [-0.25, -0.2) is 18.0 Å². The molecular formula is C77H97F2NO11S4. The molecule has 5 unspecified atom stereocenters. The fourth-order valence-corrected chi connectivity index (χ4v) is 18.3. The number of nitrogens with zero attached hydrogens (tertiary/aromatic N) is 1. The highest BCUT2D eigenvalue weighted by Crippen LogP contribution is 2.55. The van der Waals surface area contributed by atoms with Gasteiger partial charge in [0.05, 0.1) is 32.6 Å². The summed E-state index contributed by atoms with van der Waals surface area (Å²) < 4.78 is 89.6. The van der Waals surface area contributed by atoms with Gasteiger partial charge in [-0.1, -0.05) is 250 Å². The maximum atomic E-state index is 13.1. The predicted octanol–water partition coefficient (Wildman–Crippen LogP) is 17.9. The lowest BCUT2D eigenvalue weighted by Crippen LogP contribution is -2.45. The molecule has 1 N–H and O–H groups in total. The number of ether oxygens (including phenoxy) is 1. The van der Waals surface area contributed by atoms with Gasteiger partial charge in [-0.2, -0.15) is 17.2 Å². The van der Waals surface area contributed by atoms with Gasteiger partial charge in [0.25, 0.3) is 10.1 Å². The number of aromatic carboxylic acids is 1. The van der Waals surface area contributed by atoms with Crippen LogP contribution in [0.5, 0.6) is 5.75 Å². The van der Waals surface area contributed by atoms with Crippen molar-refractivity contribution in [2.45, 2.75) is 208 Å². The zero-order valence-electron chi connectivity index (χ0n) is 55.6. The number of para-hydroxylation sites is 1. The SMILES string of the molecule is CCCCCCCCN(CCCCCCCC)CCCCCCCC.Cc1ccc([S+](c2ccccc2)c2ccccc2)cc1.O=C(O)c1ccccc1[O-].O=C(OC1C2CC3C1OS(=O)(=O)C3C2)C(F)(F)S(=O)(=O)[O-].c1ccc([S+](c2ccccc2)c2ccccc2)cc1. The first-order valence-electron chi connectivity index (χ1n) is 33.8. The Morgan fingerprint density at radius 3 is 1.21 bits per heavy atom. The second-order valence-electron chi connectivity index (χ2n) is 24.3. The Balaban J connectivity index is 0.000000192. The van der Waals surface area contributed by atoms with Gasteiger partial charge in [0.15, 0.2) is 39.5 Å². The van der Waals surface area contributed by atoms with Gasteiger partial charge in [0.1, 0.15) is 12.2 Å². The Morgan fingerprint density at radius 2 is 0.874 bits per heavy atom. The van der Waals surface area contributed by atoms with Crippen LogP contribution in [-0.4, -0.2) is 85.7 Å². The maximum absolute atomic E-state index is 13.1. The number of aryl methyl sites for hydroxylation is 1. The predicted molar refractivity (Wildman–Crippen MR) is 375 cm³/mol. The fourth-order valence-electron chi connectivity index (χ4n) is 11.9. The van der Waals surface area contributed by atoms with E-state index in [1.807, 2.05) is 0 Å². The third-order valence-electron chi connectivity index (χ3n) is 17.0. The average Bonchev–Trinajstić information content (AvgIpc) is 1.56. The van der Waals surface area contributed by atoms with E-state index >= 15 is 0 Å². The molecule has 0 amide bonds. The molecule has 0 spiro atoms. The smallest absolute Gasteiger partial charge is 0.428 e. The minimum Gasteiger partial charge on any atom is -0.872 e. The highest BCUT2D eigenvalue weighted by molar-refractivity contribution is 7.97. The standard InChI is InChI=1S/C24H51N.C19H17S.C18H15S.C9H10F2O8S2.C7H6O3/c1-4-7-10-13-16-19-22-25(23-20-17-14-11-8-5-2)24-21-18-15-12-9-6-3;1-16-12-14-19(15-13-16)20(17-8-4-2-5-9-17)18-10-6-3-7-11-18;1-4-10-16(11-5-1)19(17-12-6-2-7-13-17)18-14-8-3-9-15-18;10-9(11,21(15,16)17)8(12)18-6-3-1-4-5(2-3)20(13,14)19-7(4)6;8-6-4-2-1-3-5(6)7(9)10/h4-24H2,1-3H3;2-15H,1H3;1-15H;3-7H,1-2H2,(H,15,16,17);1-4,8H,(H,9,10)/q;2*+1;;/p-2. The van der Waals surface area contributed by atoms with Gasteiger partial charge in [0.2, 0.25) is 0 Å². The second kappa shape index (κ2) is 41.0. The Morgan fingerprint density at radius 1 is 0.537 bits per heavy atom. The Hall–Kier alpha value is -6.38. The van der Waals surface area contributed by atoms with Crippen molar-refractivity contribution in [1.82, 2.24) is 4.90 Å².